The molecule has 0 radical (unpaired) electrons. The molecule has 0 aromatic carbocycles. The van der Waals surface area contributed by atoms with Crippen LogP contribution in [-0.2, 0) is 9.59 Å². The van der Waals surface area contributed by atoms with Crippen LogP contribution < -0.4 is 0 Å². The molecule has 0 aromatic rings. The third kappa shape index (κ3) is 2.12. The molecule has 1 atom stereocenters. The summed E-state index contributed by atoms with van der Waals surface area (Å²) in [7, 11) is 0. The van der Waals surface area contributed by atoms with E-state index in [1.807, 2.05) is 0 Å². The van der Waals surface area contributed by atoms with Gasteiger partial charge >= 0.3 is 18.1 Å². The van der Waals surface area contributed by atoms with Gasteiger partial charge < -0.3 is 10.0 Å². The maximum absolute atomic E-state index is 12.3. The van der Waals surface area contributed by atoms with Gasteiger partial charge in [0.1, 0.15) is 5.54 Å². The number of carboxylic acids is 1. The van der Waals surface area contributed by atoms with E-state index in [0.717, 1.165) is 6.92 Å². The van der Waals surface area contributed by atoms with Crippen molar-refractivity contribution in [3.63, 3.8) is 0 Å². The molecule has 1 rings (SSSR count). The lowest BCUT2D eigenvalue weighted by molar-refractivity contribution is -0.196. The van der Waals surface area contributed by atoms with E-state index < -0.39 is 23.6 Å². The first-order chi connectivity index (χ1) is 7.19. The minimum atomic E-state index is -5.02. The first kappa shape index (κ1) is 12.8. The second kappa shape index (κ2) is 3.95. The fourth-order valence-corrected chi connectivity index (χ4v) is 1.82. The number of carbonyl (C=O) groups excluding carboxylic acids is 1. The van der Waals surface area contributed by atoms with Gasteiger partial charge in [-0.05, 0) is 26.2 Å². The van der Waals surface area contributed by atoms with Crippen molar-refractivity contribution < 1.29 is 27.9 Å². The Morgan fingerprint density at radius 2 is 1.88 bits per heavy atom. The largest absolute Gasteiger partial charge is 0.480 e. The quantitative estimate of drug-likeness (QED) is 0.752. The number of amides is 1. The summed E-state index contributed by atoms with van der Waals surface area (Å²) in [5, 5.41) is 8.92. The van der Waals surface area contributed by atoms with Crippen molar-refractivity contribution in [2.75, 3.05) is 6.54 Å². The third-order valence-electron chi connectivity index (χ3n) is 2.84. The highest BCUT2D eigenvalue weighted by atomic mass is 19.4. The molecule has 4 nitrogen and oxygen atoms in total. The molecule has 1 aliphatic rings. The number of aliphatic carboxylic acids is 1. The smallest absolute Gasteiger partial charge is 0.471 e. The van der Waals surface area contributed by atoms with Crippen LogP contribution in [0.25, 0.3) is 0 Å². The molecule has 1 amide bonds. The molecule has 1 heterocycles. The molecule has 1 aliphatic heterocycles. The van der Waals surface area contributed by atoms with Crippen molar-refractivity contribution in [1.29, 1.82) is 0 Å². The van der Waals surface area contributed by atoms with Crippen molar-refractivity contribution in [2.45, 2.75) is 37.9 Å². The zero-order valence-corrected chi connectivity index (χ0v) is 8.67. The molecular weight excluding hydrogens is 227 g/mol. The van der Waals surface area contributed by atoms with Gasteiger partial charge in [-0.3, -0.25) is 4.79 Å². The Labute approximate surface area is 90.0 Å². The third-order valence-corrected chi connectivity index (χ3v) is 2.84. The van der Waals surface area contributed by atoms with E-state index in [1.54, 1.807) is 0 Å². The number of halogens is 3. The highest BCUT2D eigenvalue weighted by Gasteiger charge is 2.52. The summed E-state index contributed by atoms with van der Waals surface area (Å²) in [5.74, 6) is -3.47. The maximum atomic E-state index is 12.3. The molecular formula is C9H12F3NO3. The second-order valence-electron chi connectivity index (χ2n) is 3.99. The summed E-state index contributed by atoms with van der Waals surface area (Å²) < 4.78 is 36.8. The molecule has 0 saturated carbocycles. The Morgan fingerprint density at radius 1 is 1.31 bits per heavy atom. The Balaban J connectivity index is 3.00. The fraction of sp³-hybridized carbons (Fsp3) is 0.778. The first-order valence-corrected chi connectivity index (χ1v) is 4.82. The van der Waals surface area contributed by atoms with Crippen LogP contribution in [0.2, 0.25) is 0 Å². The SMILES string of the molecule is CC1(C(=O)O)CCCCN1C(=O)C(F)(F)F. The van der Waals surface area contributed by atoms with Gasteiger partial charge in [-0.15, -0.1) is 0 Å². The number of alkyl halides is 3. The van der Waals surface area contributed by atoms with E-state index in [0.29, 0.717) is 17.7 Å². The predicted octanol–water partition coefficient (Wildman–Crippen LogP) is 1.40. The Hall–Kier alpha value is -1.27. The van der Waals surface area contributed by atoms with E-state index in [1.165, 1.54) is 0 Å². The Bertz CT molecular complexity index is 316. The molecule has 1 N–H and O–H groups in total. The monoisotopic (exact) mass is 239 g/mol. The van der Waals surface area contributed by atoms with E-state index in [4.69, 9.17) is 5.11 Å². The molecule has 1 unspecified atom stereocenters. The van der Waals surface area contributed by atoms with Gasteiger partial charge in [-0.2, -0.15) is 13.2 Å². The summed E-state index contributed by atoms with van der Waals surface area (Å²) in [4.78, 5) is 22.4. The van der Waals surface area contributed by atoms with Crippen LogP contribution in [-0.4, -0.2) is 40.1 Å². The first-order valence-electron chi connectivity index (χ1n) is 4.82. The number of rotatable bonds is 1. The highest BCUT2D eigenvalue weighted by Crippen LogP contribution is 2.32. The zero-order valence-electron chi connectivity index (χ0n) is 8.67. The maximum Gasteiger partial charge on any atom is 0.471 e. The van der Waals surface area contributed by atoms with Crippen molar-refractivity contribution in [2.24, 2.45) is 0 Å². The average Bonchev–Trinajstić information content (AvgIpc) is 2.16. The highest BCUT2D eigenvalue weighted by molar-refractivity contribution is 5.89. The van der Waals surface area contributed by atoms with E-state index in [9.17, 15) is 22.8 Å². The molecule has 16 heavy (non-hydrogen) atoms. The fourth-order valence-electron chi connectivity index (χ4n) is 1.82. The summed E-state index contributed by atoms with van der Waals surface area (Å²) >= 11 is 0. The van der Waals surface area contributed by atoms with Crippen LogP contribution in [0.15, 0.2) is 0 Å². The van der Waals surface area contributed by atoms with Gasteiger partial charge in [0.15, 0.2) is 0 Å². The standard InChI is InChI=1S/C9H12F3NO3/c1-8(7(15)16)4-2-3-5-13(8)6(14)9(10,11)12/h2-5H2,1H3,(H,15,16). The molecule has 92 valence electrons. The Kier molecular flexibility index (Phi) is 3.16. The van der Waals surface area contributed by atoms with E-state index >= 15 is 0 Å². The lowest BCUT2D eigenvalue weighted by atomic mass is 9.88. The van der Waals surface area contributed by atoms with Crippen molar-refractivity contribution in [1.82, 2.24) is 4.90 Å². The Morgan fingerprint density at radius 3 is 2.31 bits per heavy atom. The molecule has 7 heteroatoms. The number of carbonyl (C=O) groups is 2. The van der Waals surface area contributed by atoms with Crippen LogP contribution in [0, 0.1) is 0 Å². The molecule has 1 fully saturated rings. The molecule has 0 aliphatic carbocycles. The number of carboxylic acid groups (broad SMARTS) is 1. The lowest BCUT2D eigenvalue weighted by Crippen LogP contribution is -2.60. The van der Waals surface area contributed by atoms with Gasteiger partial charge in [-0.25, -0.2) is 4.79 Å². The number of hydrogen-bond acceptors (Lipinski definition) is 2. The summed E-state index contributed by atoms with van der Waals surface area (Å²) in [6.07, 6.45) is -4.08. The zero-order chi connectivity index (χ0) is 12.6. The van der Waals surface area contributed by atoms with Crippen molar-refractivity contribution >= 4 is 11.9 Å². The molecule has 1 saturated heterocycles. The van der Waals surface area contributed by atoms with E-state index in [-0.39, 0.29) is 13.0 Å². The molecule has 0 spiro atoms. The predicted molar refractivity (Wildman–Crippen MR) is 47.7 cm³/mol. The van der Waals surface area contributed by atoms with Crippen LogP contribution >= 0.6 is 0 Å². The van der Waals surface area contributed by atoms with Crippen molar-refractivity contribution in [3.05, 3.63) is 0 Å². The minimum Gasteiger partial charge on any atom is -0.480 e. The normalized spacial score (nSPS) is 26.6. The van der Waals surface area contributed by atoms with Gasteiger partial charge in [0.25, 0.3) is 0 Å². The second-order valence-corrected chi connectivity index (χ2v) is 3.99. The number of hydrogen-bond donors (Lipinski definition) is 1. The average molecular weight is 239 g/mol. The van der Waals surface area contributed by atoms with Gasteiger partial charge in [0, 0.05) is 6.54 Å². The number of piperidine rings is 1. The van der Waals surface area contributed by atoms with Gasteiger partial charge in [0.2, 0.25) is 0 Å². The van der Waals surface area contributed by atoms with Crippen LogP contribution in [0.4, 0.5) is 13.2 Å². The topological polar surface area (TPSA) is 57.6 Å². The molecule has 0 aromatic heterocycles. The lowest BCUT2D eigenvalue weighted by Gasteiger charge is -2.41. The summed E-state index contributed by atoms with van der Waals surface area (Å²) in [6.45, 7) is 0.985. The van der Waals surface area contributed by atoms with E-state index in [2.05, 4.69) is 0 Å². The van der Waals surface area contributed by atoms with Crippen LogP contribution in [0.3, 0.4) is 0 Å². The van der Waals surface area contributed by atoms with Gasteiger partial charge in [-0.1, -0.05) is 0 Å². The number of nitrogens with zero attached hydrogens (tertiary/aromatic N) is 1. The summed E-state index contributed by atoms with van der Waals surface area (Å²) in [6, 6.07) is 0. The van der Waals surface area contributed by atoms with Crippen LogP contribution in [0.1, 0.15) is 26.2 Å². The molecule has 0 bridgehead atoms. The summed E-state index contributed by atoms with van der Waals surface area (Å²) in [5.41, 5.74) is -1.75. The minimum absolute atomic E-state index is 0.0458. The van der Waals surface area contributed by atoms with Gasteiger partial charge in [0.05, 0.1) is 0 Å². The van der Waals surface area contributed by atoms with Crippen molar-refractivity contribution in [3.8, 4) is 0 Å². The van der Waals surface area contributed by atoms with Crippen LogP contribution in [0.5, 0.6) is 0 Å². The number of likely N-dealkylation sites (tertiary alicyclic amines) is 1.